The Morgan fingerprint density at radius 1 is 1.21 bits per heavy atom. The SMILES string of the molecule is CCCOc1ccc(CNC(=O)c2cccc(-n3ccnc3SC)c2)cc1OC. The number of ether oxygens (including phenoxy) is 2. The number of nitrogens with zero attached hydrogens (tertiary/aromatic N) is 2. The summed E-state index contributed by atoms with van der Waals surface area (Å²) in [7, 11) is 1.61. The Labute approximate surface area is 175 Å². The summed E-state index contributed by atoms with van der Waals surface area (Å²) in [6.07, 6.45) is 6.54. The second kappa shape index (κ2) is 10.0. The monoisotopic (exact) mass is 411 g/mol. The van der Waals surface area contributed by atoms with E-state index in [0.29, 0.717) is 30.2 Å². The number of hydrogen-bond donors (Lipinski definition) is 1. The van der Waals surface area contributed by atoms with Crippen molar-refractivity contribution in [3.63, 3.8) is 0 Å². The maximum Gasteiger partial charge on any atom is 0.251 e. The number of nitrogens with one attached hydrogen (secondary N) is 1. The summed E-state index contributed by atoms with van der Waals surface area (Å²) in [4.78, 5) is 17.0. The van der Waals surface area contributed by atoms with Crippen LogP contribution in [-0.2, 0) is 6.54 Å². The van der Waals surface area contributed by atoms with Crippen LogP contribution in [0.2, 0.25) is 0 Å². The fourth-order valence-corrected chi connectivity index (χ4v) is 3.40. The summed E-state index contributed by atoms with van der Waals surface area (Å²) in [5, 5.41) is 3.84. The van der Waals surface area contributed by atoms with Crippen LogP contribution in [0.25, 0.3) is 5.69 Å². The highest BCUT2D eigenvalue weighted by Crippen LogP contribution is 2.28. The van der Waals surface area contributed by atoms with Crippen LogP contribution in [0.15, 0.2) is 60.0 Å². The van der Waals surface area contributed by atoms with Gasteiger partial charge < -0.3 is 14.8 Å². The third-order valence-electron chi connectivity index (χ3n) is 4.32. The van der Waals surface area contributed by atoms with Gasteiger partial charge in [-0.1, -0.05) is 30.8 Å². The van der Waals surface area contributed by atoms with Crippen molar-refractivity contribution in [1.29, 1.82) is 0 Å². The number of imidazole rings is 1. The van der Waals surface area contributed by atoms with Gasteiger partial charge in [0.05, 0.1) is 13.7 Å². The van der Waals surface area contributed by atoms with E-state index in [2.05, 4.69) is 17.2 Å². The van der Waals surface area contributed by atoms with E-state index < -0.39 is 0 Å². The van der Waals surface area contributed by atoms with E-state index >= 15 is 0 Å². The highest BCUT2D eigenvalue weighted by atomic mass is 32.2. The second-order valence-electron chi connectivity index (χ2n) is 6.35. The fraction of sp³-hybridized carbons (Fsp3) is 0.273. The van der Waals surface area contributed by atoms with Gasteiger partial charge in [-0.05, 0) is 48.6 Å². The van der Waals surface area contributed by atoms with E-state index in [1.165, 1.54) is 0 Å². The predicted molar refractivity (Wildman–Crippen MR) is 115 cm³/mol. The summed E-state index contributed by atoms with van der Waals surface area (Å²) in [6, 6.07) is 13.2. The number of methoxy groups -OCH3 is 1. The maximum absolute atomic E-state index is 12.7. The van der Waals surface area contributed by atoms with Gasteiger partial charge in [0.25, 0.3) is 5.91 Å². The molecule has 0 saturated carbocycles. The van der Waals surface area contributed by atoms with Crippen LogP contribution in [-0.4, -0.2) is 35.4 Å². The van der Waals surface area contributed by atoms with Gasteiger partial charge in [0, 0.05) is 30.2 Å². The zero-order chi connectivity index (χ0) is 20.6. The molecule has 0 atom stereocenters. The van der Waals surface area contributed by atoms with E-state index in [4.69, 9.17) is 9.47 Å². The van der Waals surface area contributed by atoms with Crippen molar-refractivity contribution < 1.29 is 14.3 Å². The number of benzene rings is 2. The van der Waals surface area contributed by atoms with Gasteiger partial charge in [-0.2, -0.15) is 0 Å². The predicted octanol–water partition coefficient (Wildman–Crippen LogP) is 4.32. The Morgan fingerprint density at radius 2 is 2.07 bits per heavy atom. The molecule has 0 radical (unpaired) electrons. The standard InChI is InChI=1S/C22H25N3O3S/c1-4-12-28-19-9-8-16(13-20(19)27-2)15-24-21(26)17-6-5-7-18(14-17)25-11-10-23-22(25)29-3/h5-11,13-14H,4,12,15H2,1-3H3,(H,24,26). The number of carbonyl (C=O) groups is 1. The lowest BCUT2D eigenvalue weighted by Gasteiger charge is -2.12. The van der Waals surface area contributed by atoms with Gasteiger partial charge in [-0.3, -0.25) is 9.36 Å². The summed E-state index contributed by atoms with van der Waals surface area (Å²) in [5.41, 5.74) is 2.44. The molecule has 0 fully saturated rings. The highest BCUT2D eigenvalue weighted by Gasteiger charge is 2.10. The molecule has 0 unspecified atom stereocenters. The smallest absolute Gasteiger partial charge is 0.251 e. The van der Waals surface area contributed by atoms with Crippen molar-refractivity contribution in [1.82, 2.24) is 14.9 Å². The third-order valence-corrected chi connectivity index (χ3v) is 4.99. The second-order valence-corrected chi connectivity index (χ2v) is 7.12. The lowest BCUT2D eigenvalue weighted by atomic mass is 10.1. The fourth-order valence-electron chi connectivity index (χ4n) is 2.87. The molecule has 3 rings (SSSR count). The Morgan fingerprint density at radius 3 is 2.83 bits per heavy atom. The molecule has 1 N–H and O–H groups in total. The van der Waals surface area contributed by atoms with E-state index in [1.807, 2.05) is 53.4 Å². The van der Waals surface area contributed by atoms with Crippen LogP contribution in [0.5, 0.6) is 11.5 Å². The minimum absolute atomic E-state index is 0.136. The molecule has 2 aromatic carbocycles. The molecule has 0 aliphatic heterocycles. The molecular formula is C22H25N3O3S. The van der Waals surface area contributed by atoms with E-state index in [1.54, 1.807) is 31.1 Å². The average molecular weight is 412 g/mol. The van der Waals surface area contributed by atoms with Gasteiger partial charge in [0.2, 0.25) is 0 Å². The van der Waals surface area contributed by atoms with Crippen molar-refractivity contribution in [2.75, 3.05) is 20.0 Å². The number of carbonyl (C=O) groups excluding carboxylic acids is 1. The van der Waals surface area contributed by atoms with Gasteiger partial charge in [0.1, 0.15) is 0 Å². The summed E-state index contributed by atoms with van der Waals surface area (Å²) < 4.78 is 13.0. The van der Waals surface area contributed by atoms with Gasteiger partial charge in [-0.25, -0.2) is 4.98 Å². The molecule has 1 heterocycles. The quantitative estimate of drug-likeness (QED) is 0.531. The normalized spacial score (nSPS) is 10.6. The lowest BCUT2D eigenvalue weighted by molar-refractivity contribution is 0.0951. The number of thioether (sulfide) groups is 1. The summed E-state index contributed by atoms with van der Waals surface area (Å²) >= 11 is 1.56. The molecule has 6 nitrogen and oxygen atoms in total. The first-order chi connectivity index (χ1) is 14.2. The van der Waals surface area contributed by atoms with Gasteiger partial charge >= 0.3 is 0 Å². The van der Waals surface area contributed by atoms with Crippen LogP contribution in [0.1, 0.15) is 29.3 Å². The summed E-state index contributed by atoms with van der Waals surface area (Å²) in [6.45, 7) is 3.09. The van der Waals surface area contributed by atoms with Crippen LogP contribution in [0.3, 0.4) is 0 Å². The minimum atomic E-state index is -0.136. The molecule has 0 aliphatic carbocycles. The van der Waals surface area contributed by atoms with Crippen LogP contribution in [0, 0.1) is 0 Å². The van der Waals surface area contributed by atoms with E-state index in [9.17, 15) is 4.79 Å². The molecule has 0 bridgehead atoms. The van der Waals surface area contributed by atoms with Gasteiger partial charge in [-0.15, -0.1) is 0 Å². The van der Waals surface area contributed by atoms with E-state index in [-0.39, 0.29) is 5.91 Å². The molecule has 1 amide bonds. The Bertz CT molecular complexity index is 971. The zero-order valence-corrected chi connectivity index (χ0v) is 17.7. The number of rotatable bonds is 9. The highest BCUT2D eigenvalue weighted by molar-refractivity contribution is 7.98. The Hall–Kier alpha value is -2.93. The maximum atomic E-state index is 12.7. The van der Waals surface area contributed by atoms with Gasteiger partial charge in [0.15, 0.2) is 16.7 Å². The first kappa shape index (κ1) is 20.8. The van der Waals surface area contributed by atoms with Crippen molar-refractivity contribution in [3.05, 3.63) is 66.0 Å². The molecule has 0 saturated heterocycles. The molecule has 152 valence electrons. The van der Waals surface area contributed by atoms with Crippen LogP contribution in [0.4, 0.5) is 0 Å². The molecule has 0 aliphatic rings. The van der Waals surface area contributed by atoms with Crippen molar-refractivity contribution >= 4 is 17.7 Å². The largest absolute Gasteiger partial charge is 0.493 e. The molecule has 1 aromatic heterocycles. The van der Waals surface area contributed by atoms with Crippen LogP contribution >= 0.6 is 11.8 Å². The number of hydrogen-bond acceptors (Lipinski definition) is 5. The third kappa shape index (κ3) is 5.12. The molecule has 7 heteroatoms. The van der Waals surface area contributed by atoms with E-state index in [0.717, 1.165) is 22.8 Å². The Kier molecular flexibility index (Phi) is 7.19. The topological polar surface area (TPSA) is 65.4 Å². The van der Waals surface area contributed by atoms with Crippen molar-refractivity contribution in [3.8, 4) is 17.2 Å². The first-order valence-corrected chi connectivity index (χ1v) is 10.6. The van der Waals surface area contributed by atoms with Crippen molar-refractivity contribution in [2.24, 2.45) is 0 Å². The van der Waals surface area contributed by atoms with Crippen LogP contribution < -0.4 is 14.8 Å². The average Bonchev–Trinajstić information content (AvgIpc) is 3.25. The minimum Gasteiger partial charge on any atom is -0.493 e. The molecule has 0 spiro atoms. The molecule has 29 heavy (non-hydrogen) atoms. The van der Waals surface area contributed by atoms with Crippen molar-refractivity contribution in [2.45, 2.75) is 25.0 Å². The zero-order valence-electron chi connectivity index (χ0n) is 16.8. The lowest BCUT2D eigenvalue weighted by Crippen LogP contribution is -2.23. The number of aromatic nitrogens is 2. The molecule has 3 aromatic rings. The molecular weight excluding hydrogens is 386 g/mol. The summed E-state index contributed by atoms with van der Waals surface area (Å²) in [5.74, 6) is 1.24. The first-order valence-electron chi connectivity index (χ1n) is 9.42. The Balaban J connectivity index is 1.69. The number of amides is 1.